The molecule has 0 radical (unpaired) electrons. The van der Waals surface area contributed by atoms with Crippen LogP contribution < -0.4 is 55.1 Å². The number of hydrogen-bond donors (Lipinski definition) is 4. The first-order chi connectivity index (χ1) is 63.8. The van der Waals surface area contributed by atoms with E-state index in [-0.39, 0.29) is 55.1 Å². The minimum absolute atomic E-state index is 0.0820. The zero-order valence-electron chi connectivity index (χ0n) is 70.8. The molecule has 4 atom stereocenters. The van der Waals surface area contributed by atoms with Crippen LogP contribution in [0.5, 0.6) is 17.2 Å². The summed E-state index contributed by atoms with van der Waals surface area (Å²) in [6, 6.07) is 86.2. The highest BCUT2D eigenvalue weighted by atomic mass is 35.5. The molecule has 4 N–H and O–H groups in total. The molecule has 4 saturated heterocycles. The number of piperazine rings is 4. The third-order valence-corrected chi connectivity index (χ3v) is 26.7. The number of carbonyl (C=O) groups is 4. The van der Waals surface area contributed by atoms with Crippen LogP contribution in [0.4, 0.5) is 53.3 Å². The average molecular weight is 2030 g/mol. The molecule has 5 heterocycles. The molecule has 132 heavy (non-hydrogen) atoms. The Morgan fingerprint density at radius 2 is 0.682 bits per heavy atom. The van der Waals surface area contributed by atoms with E-state index in [4.69, 9.17) is 165 Å². The number of halogens is 13. The number of carbonyl (C=O) groups excluding carboxylic acids is 4. The van der Waals surface area contributed by atoms with Crippen molar-refractivity contribution in [1.29, 1.82) is 0 Å². The Bertz CT molecular complexity index is 6240. The number of methoxy groups -OCH3 is 1. The molecule has 4 fully saturated rings. The van der Waals surface area contributed by atoms with Crippen LogP contribution in [0.3, 0.4) is 0 Å². The first-order valence-corrected chi connectivity index (χ1v) is 47.0. The van der Waals surface area contributed by atoms with Crippen LogP contribution in [-0.4, -0.2) is 136 Å². The van der Waals surface area contributed by atoms with Crippen molar-refractivity contribution in [3.63, 3.8) is 0 Å². The Balaban J connectivity index is 0.000000135. The van der Waals surface area contributed by atoms with Gasteiger partial charge >= 0.3 is 24.1 Å². The van der Waals surface area contributed by atoms with E-state index in [1.807, 2.05) is 251 Å². The third kappa shape index (κ3) is 24.4. The molecule has 0 saturated carbocycles. The van der Waals surface area contributed by atoms with Gasteiger partial charge < -0.3 is 74.7 Å². The average Bonchev–Trinajstić information content (AvgIpc) is 0.919. The zero-order valence-corrected chi connectivity index (χ0v) is 80.7. The van der Waals surface area contributed by atoms with Crippen molar-refractivity contribution in [3.8, 4) is 17.2 Å². The quantitative estimate of drug-likeness (QED) is 0.0770. The summed E-state index contributed by atoms with van der Waals surface area (Å²) in [5.41, 5.74) is 11.0. The summed E-state index contributed by atoms with van der Waals surface area (Å²) in [6.45, 7) is 7.64. The van der Waals surface area contributed by atoms with Gasteiger partial charge in [-0.1, -0.05) is 266 Å². The normalized spacial score (nSPS) is 16.3. The number of amides is 8. The van der Waals surface area contributed by atoms with Gasteiger partial charge in [0.1, 0.15) is 5.75 Å². The van der Waals surface area contributed by atoms with Gasteiger partial charge in [0.05, 0.1) is 79.8 Å². The number of fused-ring (bicyclic) bond motifs is 2. The number of rotatable bonds is 15. The Morgan fingerprint density at radius 3 is 1.08 bits per heavy atom. The Hall–Kier alpha value is -10.4. The van der Waals surface area contributed by atoms with Crippen molar-refractivity contribution in [2.45, 2.75) is 37.3 Å². The lowest BCUT2D eigenvalue weighted by Crippen LogP contribution is -2.53. The molecule has 13 aromatic rings. The molecule has 19 nitrogen and oxygen atoms in total. The summed E-state index contributed by atoms with van der Waals surface area (Å²) >= 11 is 81.3. The van der Waals surface area contributed by atoms with Crippen molar-refractivity contribution in [1.82, 2.24) is 30.2 Å². The van der Waals surface area contributed by atoms with Crippen LogP contribution in [0.1, 0.15) is 57.5 Å². The van der Waals surface area contributed by atoms with Crippen LogP contribution in [0, 0.1) is 0 Å². The second kappa shape index (κ2) is 45.1. The minimum Gasteiger partial charge on any atom is -0.497 e. The highest BCUT2D eigenvalue weighted by molar-refractivity contribution is 6.39. The molecule has 8 amide bonds. The lowest BCUT2D eigenvalue weighted by molar-refractivity contribution is 0.174. The molecule has 5 aliphatic heterocycles. The molecular weight excluding hydrogens is 1940 g/mol. The van der Waals surface area contributed by atoms with Crippen molar-refractivity contribution >= 4 is 220 Å². The van der Waals surface area contributed by atoms with E-state index >= 15 is 0 Å². The van der Waals surface area contributed by atoms with E-state index in [0.717, 1.165) is 78.3 Å². The first kappa shape index (κ1) is 96.2. The predicted octanol–water partition coefficient (Wildman–Crippen LogP) is 27.9. The van der Waals surface area contributed by atoms with Crippen molar-refractivity contribution < 1.29 is 33.4 Å². The summed E-state index contributed by atoms with van der Waals surface area (Å²) in [6.07, 6.45) is 0. The van der Waals surface area contributed by atoms with E-state index in [2.05, 4.69) is 40.9 Å². The molecule has 32 heteroatoms. The zero-order chi connectivity index (χ0) is 92.6. The molecule has 0 spiro atoms. The number of ether oxygens (including phenoxy) is 3. The standard InChI is InChI=1S/C27H22Cl3N3O.C25H24Cl3N3O2.C24H21Cl4N3O.C24H20Cl3N3O3/c28-20-10-8-19(9-11-20)26-17-32(14-15-33(26)25-13-12-21(29)16-23(25)30)27(34)31-24-7-3-5-18-4-1-2-6-22(18)24;1-33-21-9-2-17(3-10-21)15-29-25(32)30-12-13-31(23-11-8-20(27)14-22(23)28)24(16-30)18-4-6-19(26)7-5-18;25-18-7-5-16(6-8-18)23-15-30(24(32)29-14-17-3-1-2-4-20(17)27)11-12-31(23)22-10-9-19(26)13-21(22)28;25-16-3-1-15(2-4-16)21-13-29(9-10-30(21)20-7-5-17(26)11-19(20)27)24(31)28-18-6-8-22-23(12-18)33-14-32-22/h1-13,16,26H,14-15,17H2,(H,31,34);2-11,14,24H,12-13,15-16H2,1H3,(H,29,32);1-10,13,23H,11-12,14-15H2,(H,29,32);1-8,11-12,21H,9-10,13-14H2,(H,28,31). The number of anilines is 6. The lowest BCUT2D eigenvalue weighted by Gasteiger charge is -2.43. The highest BCUT2D eigenvalue weighted by Crippen LogP contribution is 2.44. The number of hydrogen-bond acceptors (Lipinski definition) is 11. The largest absolute Gasteiger partial charge is 0.497 e. The fourth-order valence-corrected chi connectivity index (χ4v) is 19.2. The van der Waals surface area contributed by atoms with Gasteiger partial charge in [-0.2, -0.15) is 0 Å². The number of nitrogens with one attached hydrogen (secondary N) is 4. The molecule has 680 valence electrons. The van der Waals surface area contributed by atoms with Gasteiger partial charge in [0, 0.05) is 154 Å². The predicted molar refractivity (Wildman–Crippen MR) is 542 cm³/mol. The van der Waals surface area contributed by atoms with Crippen molar-refractivity contribution in [2.24, 2.45) is 0 Å². The maximum Gasteiger partial charge on any atom is 0.322 e. The second-order valence-electron chi connectivity index (χ2n) is 31.4. The van der Waals surface area contributed by atoms with Crippen LogP contribution in [0.25, 0.3) is 10.8 Å². The Morgan fingerprint density at radius 1 is 0.326 bits per heavy atom. The van der Waals surface area contributed by atoms with Crippen LogP contribution >= 0.6 is 151 Å². The fourth-order valence-electron chi connectivity index (χ4n) is 16.4. The Labute approximate surface area is 831 Å². The summed E-state index contributed by atoms with van der Waals surface area (Å²) in [5, 5.41) is 22.1. The van der Waals surface area contributed by atoms with E-state index < -0.39 is 0 Å². The third-order valence-electron chi connectivity index (χ3n) is 23.2. The van der Waals surface area contributed by atoms with E-state index in [1.165, 1.54) is 0 Å². The number of benzene rings is 13. The van der Waals surface area contributed by atoms with E-state index in [1.54, 1.807) is 54.5 Å². The summed E-state index contributed by atoms with van der Waals surface area (Å²) in [4.78, 5) is 68.5. The molecule has 13 aromatic carbocycles. The summed E-state index contributed by atoms with van der Waals surface area (Å²) in [7, 11) is 1.63. The lowest BCUT2D eigenvalue weighted by atomic mass is 10.0. The Kier molecular flexibility index (Phi) is 32.8. The van der Waals surface area contributed by atoms with Crippen LogP contribution in [0.15, 0.2) is 279 Å². The van der Waals surface area contributed by atoms with Gasteiger partial charge in [0.15, 0.2) is 11.5 Å². The summed E-state index contributed by atoms with van der Waals surface area (Å²) in [5.74, 6) is 2.08. The van der Waals surface area contributed by atoms with Gasteiger partial charge in [0.25, 0.3) is 0 Å². The van der Waals surface area contributed by atoms with Gasteiger partial charge in [-0.15, -0.1) is 0 Å². The van der Waals surface area contributed by atoms with Crippen molar-refractivity contribution in [3.05, 3.63) is 378 Å². The molecular formula is C100H87Cl13N12O7. The fraction of sp³-hybridized carbons (Fsp3) is 0.200. The van der Waals surface area contributed by atoms with Crippen molar-refractivity contribution in [2.75, 3.05) is 123 Å². The van der Waals surface area contributed by atoms with E-state index in [0.29, 0.717) is 174 Å². The second-order valence-corrected chi connectivity index (χ2v) is 36.9. The maximum atomic E-state index is 13.3. The molecule has 18 rings (SSSR count). The SMILES string of the molecule is COc1ccc(CNC(=O)N2CCN(c3ccc(Cl)cc3Cl)C(c3ccc(Cl)cc3)C2)cc1.O=C(NCc1ccccc1Cl)N1CCN(c2ccc(Cl)cc2Cl)C(c2ccc(Cl)cc2)C1.O=C(Nc1ccc2c(c1)OCO2)N1CCN(c2ccc(Cl)cc2Cl)C(c2ccc(Cl)cc2)C1.O=C(Nc1cccc2ccccc12)N1CCN(c2ccc(Cl)cc2Cl)C(c2ccc(Cl)cc2)C1. The molecule has 0 aromatic heterocycles. The molecule has 4 unspecified atom stereocenters. The van der Waals surface area contributed by atoms with Gasteiger partial charge in [0.2, 0.25) is 6.79 Å². The van der Waals surface area contributed by atoms with Crippen LogP contribution in [0.2, 0.25) is 65.3 Å². The molecule has 0 bridgehead atoms. The number of urea groups is 4. The van der Waals surface area contributed by atoms with Crippen LogP contribution in [-0.2, 0) is 13.1 Å². The van der Waals surface area contributed by atoms with Gasteiger partial charge in [-0.25, -0.2) is 19.2 Å². The van der Waals surface area contributed by atoms with Gasteiger partial charge in [-0.3, -0.25) is 0 Å². The topological polar surface area (TPSA) is 170 Å². The molecule has 5 aliphatic rings. The highest BCUT2D eigenvalue weighted by Gasteiger charge is 2.38. The summed E-state index contributed by atoms with van der Waals surface area (Å²) < 4.78 is 15.9. The minimum atomic E-state index is -0.185. The monoisotopic (exact) mass is 2020 g/mol. The van der Waals surface area contributed by atoms with Gasteiger partial charge in [-0.05, 0) is 196 Å². The van der Waals surface area contributed by atoms with E-state index in [9.17, 15) is 19.2 Å². The number of nitrogens with zero attached hydrogens (tertiary/aromatic N) is 8. The molecule has 0 aliphatic carbocycles. The first-order valence-electron chi connectivity index (χ1n) is 42.1. The smallest absolute Gasteiger partial charge is 0.322 e. The maximum absolute atomic E-state index is 13.3.